The van der Waals surface area contributed by atoms with E-state index in [-0.39, 0.29) is 24.9 Å². The first-order chi connectivity index (χ1) is 9.15. The van der Waals surface area contributed by atoms with Gasteiger partial charge in [0.2, 0.25) is 11.8 Å². The molecule has 1 aliphatic carbocycles. The van der Waals surface area contributed by atoms with E-state index in [9.17, 15) is 9.59 Å². The number of rotatable bonds is 3. The molecule has 1 heterocycles. The van der Waals surface area contributed by atoms with Gasteiger partial charge in [-0.3, -0.25) is 9.59 Å². The van der Waals surface area contributed by atoms with Crippen molar-refractivity contribution in [2.24, 2.45) is 11.1 Å². The Balaban J connectivity index is 1.76. The molecule has 108 valence electrons. The summed E-state index contributed by atoms with van der Waals surface area (Å²) < 4.78 is 0. The van der Waals surface area contributed by atoms with Crippen molar-refractivity contribution in [1.29, 1.82) is 0 Å². The minimum absolute atomic E-state index is 0.0208. The number of hydrogen-bond acceptors (Lipinski definition) is 3. The van der Waals surface area contributed by atoms with Gasteiger partial charge in [-0.1, -0.05) is 19.3 Å². The number of nitrogens with zero attached hydrogens (tertiary/aromatic N) is 1. The van der Waals surface area contributed by atoms with Crippen LogP contribution in [0.25, 0.3) is 0 Å². The quantitative estimate of drug-likeness (QED) is 0.787. The van der Waals surface area contributed by atoms with E-state index < -0.39 is 0 Å². The van der Waals surface area contributed by atoms with Crippen LogP contribution in [0.4, 0.5) is 0 Å². The van der Waals surface area contributed by atoms with Gasteiger partial charge in [0.25, 0.3) is 0 Å². The van der Waals surface area contributed by atoms with E-state index in [1.54, 1.807) is 0 Å². The Morgan fingerprint density at radius 3 is 2.26 bits per heavy atom. The number of likely N-dealkylation sites (tertiary alicyclic amines) is 1. The van der Waals surface area contributed by atoms with Crippen molar-refractivity contribution < 1.29 is 9.59 Å². The number of nitrogens with one attached hydrogen (secondary N) is 1. The molecule has 0 atom stereocenters. The number of piperidine rings is 1. The Bertz CT molecular complexity index is 328. The Labute approximate surface area is 114 Å². The number of carbonyl (C=O) groups excluding carboxylic acids is 2. The van der Waals surface area contributed by atoms with E-state index >= 15 is 0 Å². The average molecular weight is 267 g/mol. The fourth-order valence-electron chi connectivity index (χ4n) is 3.39. The predicted octanol–water partition coefficient (Wildman–Crippen LogP) is 0.634. The molecule has 3 N–H and O–H groups in total. The molecule has 1 saturated carbocycles. The monoisotopic (exact) mass is 267 g/mol. The van der Waals surface area contributed by atoms with Crippen LogP contribution in [0.15, 0.2) is 0 Å². The van der Waals surface area contributed by atoms with Crippen molar-refractivity contribution in [1.82, 2.24) is 10.2 Å². The van der Waals surface area contributed by atoms with Gasteiger partial charge in [0.05, 0.1) is 13.1 Å². The summed E-state index contributed by atoms with van der Waals surface area (Å²) in [6.07, 6.45) is 8.99. The lowest BCUT2D eigenvalue weighted by atomic mass is 9.68. The molecule has 1 spiro atoms. The van der Waals surface area contributed by atoms with Gasteiger partial charge in [-0.25, -0.2) is 0 Å². The molecule has 2 fully saturated rings. The van der Waals surface area contributed by atoms with E-state index in [1.165, 1.54) is 32.1 Å². The number of hydrogen-bond donors (Lipinski definition) is 2. The molecule has 2 amide bonds. The maximum Gasteiger partial charge on any atom is 0.241 e. The Morgan fingerprint density at radius 2 is 1.68 bits per heavy atom. The summed E-state index contributed by atoms with van der Waals surface area (Å²) in [4.78, 5) is 24.9. The lowest BCUT2D eigenvalue weighted by Crippen LogP contribution is -2.47. The normalized spacial score (nSPS) is 22.3. The third-order valence-electron chi connectivity index (χ3n) is 4.71. The molecule has 1 saturated heterocycles. The third kappa shape index (κ3) is 3.69. The lowest BCUT2D eigenvalue weighted by molar-refractivity contribution is -0.134. The largest absolute Gasteiger partial charge is 0.346 e. The summed E-state index contributed by atoms with van der Waals surface area (Å²) in [6, 6.07) is 0. The topological polar surface area (TPSA) is 75.4 Å². The van der Waals surface area contributed by atoms with Crippen LogP contribution in [0.2, 0.25) is 0 Å². The summed E-state index contributed by atoms with van der Waals surface area (Å²) >= 11 is 0. The first-order valence-electron chi connectivity index (χ1n) is 7.40. The van der Waals surface area contributed by atoms with Crippen LogP contribution in [-0.2, 0) is 9.59 Å². The van der Waals surface area contributed by atoms with Crippen molar-refractivity contribution in [3.63, 3.8) is 0 Å². The van der Waals surface area contributed by atoms with Crippen LogP contribution >= 0.6 is 0 Å². The second-order valence-electron chi connectivity index (χ2n) is 5.92. The molecule has 0 radical (unpaired) electrons. The molecule has 1 aliphatic heterocycles. The fourth-order valence-corrected chi connectivity index (χ4v) is 3.39. The minimum atomic E-state index is -0.269. The van der Waals surface area contributed by atoms with Gasteiger partial charge < -0.3 is 16.0 Å². The molecule has 0 aromatic heterocycles. The SMILES string of the molecule is NCC(=O)NCC(=O)N1CCC2(CCCCC2)CC1. The second kappa shape index (κ2) is 6.37. The van der Waals surface area contributed by atoms with E-state index in [2.05, 4.69) is 5.32 Å². The first-order valence-corrected chi connectivity index (χ1v) is 7.40. The van der Waals surface area contributed by atoms with Crippen molar-refractivity contribution in [2.75, 3.05) is 26.2 Å². The Morgan fingerprint density at radius 1 is 1.05 bits per heavy atom. The van der Waals surface area contributed by atoms with E-state index in [4.69, 9.17) is 5.73 Å². The molecular weight excluding hydrogens is 242 g/mol. The van der Waals surface area contributed by atoms with Gasteiger partial charge >= 0.3 is 0 Å². The highest BCUT2D eigenvalue weighted by Gasteiger charge is 2.36. The van der Waals surface area contributed by atoms with Crippen LogP contribution in [0.3, 0.4) is 0 Å². The van der Waals surface area contributed by atoms with Crippen molar-refractivity contribution in [2.45, 2.75) is 44.9 Å². The van der Waals surface area contributed by atoms with Crippen molar-refractivity contribution >= 4 is 11.8 Å². The molecule has 19 heavy (non-hydrogen) atoms. The van der Waals surface area contributed by atoms with E-state index in [0.29, 0.717) is 5.41 Å². The van der Waals surface area contributed by atoms with Gasteiger partial charge in [-0.15, -0.1) is 0 Å². The molecule has 2 aliphatic rings. The first kappa shape index (κ1) is 14.3. The summed E-state index contributed by atoms with van der Waals surface area (Å²) in [5.41, 5.74) is 5.70. The summed E-state index contributed by atoms with van der Waals surface area (Å²) in [7, 11) is 0. The van der Waals surface area contributed by atoms with Crippen LogP contribution in [0.5, 0.6) is 0 Å². The number of nitrogens with two attached hydrogens (primary N) is 1. The van der Waals surface area contributed by atoms with E-state index in [1.807, 2.05) is 4.90 Å². The molecule has 0 aromatic rings. The van der Waals surface area contributed by atoms with Gasteiger partial charge in [0.15, 0.2) is 0 Å². The third-order valence-corrected chi connectivity index (χ3v) is 4.71. The molecule has 0 unspecified atom stereocenters. The van der Waals surface area contributed by atoms with Crippen LogP contribution in [0.1, 0.15) is 44.9 Å². The highest BCUT2D eigenvalue weighted by Crippen LogP contribution is 2.44. The molecule has 2 rings (SSSR count). The highest BCUT2D eigenvalue weighted by molar-refractivity contribution is 5.85. The smallest absolute Gasteiger partial charge is 0.241 e. The van der Waals surface area contributed by atoms with Crippen LogP contribution in [0, 0.1) is 5.41 Å². The minimum Gasteiger partial charge on any atom is -0.346 e. The highest BCUT2D eigenvalue weighted by atomic mass is 16.2. The summed E-state index contributed by atoms with van der Waals surface area (Å²) in [5, 5.41) is 2.55. The molecule has 5 nitrogen and oxygen atoms in total. The van der Waals surface area contributed by atoms with Gasteiger partial charge in [0, 0.05) is 13.1 Å². The zero-order valence-electron chi connectivity index (χ0n) is 11.6. The van der Waals surface area contributed by atoms with Gasteiger partial charge in [0.1, 0.15) is 0 Å². The predicted molar refractivity (Wildman–Crippen MR) is 73.4 cm³/mol. The Hall–Kier alpha value is -1.10. The molecule has 5 heteroatoms. The molecule has 0 bridgehead atoms. The molecular formula is C14H25N3O2. The summed E-state index contributed by atoms with van der Waals surface area (Å²) in [5.74, 6) is -0.249. The van der Waals surface area contributed by atoms with Crippen molar-refractivity contribution in [3.05, 3.63) is 0 Å². The molecule has 0 aromatic carbocycles. The maximum atomic E-state index is 12.0. The van der Waals surface area contributed by atoms with Crippen LogP contribution < -0.4 is 11.1 Å². The van der Waals surface area contributed by atoms with Crippen molar-refractivity contribution in [3.8, 4) is 0 Å². The standard InChI is InChI=1S/C14H25N3O2/c15-10-12(18)16-11-13(19)17-8-6-14(7-9-17)4-2-1-3-5-14/h1-11,15H2,(H,16,18). The number of amides is 2. The summed E-state index contributed by atoms with van der Waals surface area (Å²) in [6.45, 7) is 1.72. The lowest BCUT2D eigenvalue weighted by Gasteiger charge is -2.44. The van der Waals surface area contributed by atoms with Gasteiger partial charge in [-0.05, 0) is 31.1 Å². The average Bonchev–Trinajstić information content (AvgIpc) is 2.46. The van der Waals surface area contributed by atoms with E-state index in [0.717, 1.165) is 25.9 Å². The zero-order valence-corrected chi connectivity index (χ0v) is 11.6. The Kier molecular flexibility index (Phi) is 4.80. The maximum absolute atomic E-state index is 12.0. The fraction of sp³-hybridized carbons (Fsp3) is 0.857. The van der Waals surface area contributed by atoms with Crippen LogP contribution in [-0.4, -0.2) is 42.9 Å². The van der Waals surface area contributed by atoms with Gasteiger partial charge in [-0.2, -0.15) is 0 Å². The second-order valence-corrected chi connectivity index (χ2v) is 5.92. The number of carbonyl (C=O) groups is 2. The zero-order chi connectivity index (χ0) is 13.7.